The zero-order valence-electron chi connectivity index (χ0n) is 19.0. The van der Waals surface area contributed by atoms with Crippen molar-refractivity contribution in [1.82, 2.24) is 5.32 Å². The molecule has 2 rings (SSSR count). The van der Waals surface area contributed by atoms with Crippen LogP contribution >= 0.6 is 0 Å². The summed E-state index contributed by atoms with van der Waals surface area (Å²) in [6.45, 7) is 8.32. The molecule has 0 radical (unpaired) electrons. The van der Waals surface area contributed by atoms with Crippen LogP contribution in [0.4, 0.5) is 0 Å². The van der Waals surface area contributed by atoms with Crippen LogP contribution in [0, 0.1) is 17.2 Å². The van der Waals surface area contributed by atoms with E-state index in [2.05, 4.69) is 25.2 Å². The quantitative estimate of drug-likeness (QED) is 0.526. The number of nitrogens with zero attached hydrogens (tertiary/aromatic N) is 1. The number of hydrogen-bond acceptors (Lipinski definition) is 4. The molecular weight excluding hydrogens is 388 g/mol. The van der Waals surface area contributed by atoms with E-state index >= 15 is 0 Å². The summed E-state index contributed by atoms with van der Waals surface area (Å²) in [5.41, 5.74) is 0.362. The molecule has 0 aliphatic heterocycles. The molecule has 166 valence electrons. The first-order valence-corrected chi connectivity index (χ1v) is 10.9. The van der Waals surface area contributed by atoms with Crippen molar-refractivity contribution in [2.45, 2.75) is 64.5 Å². The molecule has 2 aromatic rings. The first kappa shape index (κ1) is 24.4. The Balaban J connectivity index is 2.16. The van der Waals surface area contributed by atoms with E-state index < -0.39 is 17.6 Å². The molecule has 0 saturated heterocycles. The van der Waals surface area contributed by atoms with E-state index in [1.165, 1.54) is 0 Å². The molecule has 0 aliphatic rings. The SMILES string of the molecule is CCCC(C)COc1ccc([C@@H](NC(=O)[C@H](CC#N)c2ccccc2)C(C)(C)O)cc1. The molecule has 0 aliphatic carbocycles. The molecule has 0 heterocycles. The van der Waals surface area contributed by atoms with Crippen molar-refractivity contribution in [3.8, 4) is 11.8 Å². The third-order valence-electron chi connectivity index (χ3n) is 5.34. The van der Waals surface area contributed by atoms with Crippen LogP contribution in [-0.4, -0.2) is 23.2 Å². The lowest BCUT2D eigenvalue weighted by molar-refractivity contribution is -0.125. The second-order valence-corrected chi connectivity index (χ2v) is 8.69. The van der Waals surface area contributed by atoms with Crippen LogP contribution in [0.15, 0.2) is 54.6 Å². The molecule has 5 nitrogen and oxygen atoms in total. The molecular formula is C26H34N2O3. The summed E-state index contributed by atoms with van der Waals surface area (Å²) in [5, 5.41) is 22.9. The van der Waals surface area contributed by atoms with Crippen molar-refractivity contribution in [2.24, 2.45) is 5.92 Å². The number of nitrogens with one attached hydrogen (secondary N) is 1. The third-order valence-corrected chi connectivity index (χ3v) is 5.34. The number of aliphatic hydroxyl groups is 1. The van der Waals surface area contributed by atoms with Gasteiger partial charge in [-0.2, -0.15) is 5.26 Å². The maximum atomic E-state index is 13.1. The van der Waals surface area contributed by atoms with Gasteiger partial charge in [0.1, 0.15) is 5.75 Å². The fourth-order valence-electron chi connectivity index (χ4n) is 3.62. The van der Waals surface area contributed by atoms with Crippen molar-refractivity contribution >= 4 is 5.91 Å². The Bertz CT molecular complexity index is 851. The van der Waals surface area contributed by atoms with Crippen LogP contribution in [0.1, 0.15) is 70.0 Å². The average Bonchev–Trinajstić information content (AvgIpc) is 2.74. The van der Waals surface area contributed by atoms with E-state index in [4.69, 9.17) is 4.74 Å². The van der Waals surface area contributed by atoms with Gasteiger partial charge in [0.25, 0.3) is 0 Å². The van der Waals surface area contributed by atoms with Gasteiger partial charge in [0.05, 0.1) is 36.7 Å². The van der Waals surface area contributed by atoms with E-state index in [-0.39, 0.29) is 12.3 Å². The lowest BCUT2D eigenvalue weighted by Gasteiger charge is -2.32. The number of amides is 1. The summed E-state index contributed by atoms with van der Waals surface area (Å²) in [5.74, 6) is 0.370. The predicted molar refractivity (Wildman–Crippen MR) is 123 cm³/mol. The van der Waals surface area contributed by atoms with Gasteiger partial charge in [-0.05, 0) is 49.4 Å². The van der Waals surface area contributed by atoms with Crippen LogP contribution < -0.4 is 10.1 Å². The molecule has 0 saturated carbocycles. The van der Waals surface area contributed by atoms with Crippen LogP contribution in [0.5, 0.6) is 5.75 Å². The maximum absolute atomic E-state index is 13.1. The van der Waals surface area contributed by atoms with Gasteiger partial charge < -0.3 is 15.2 Å². The topological polar surface area (TPSA) is 82.3 Å². The highest BCUT2D eigenvalue weighted by atomic mass is 16.5. The highest BCUT2D eigenvalue weighted by molar-refractivity contribution is 5.84. The Morgan fingerprint density at radius 3 is 2.32 bits per heavy atom. The van der Waals surface area contributed by atoms with E-state index in [1.54, 1.807) is 13.8 Å². The van der Waals surface area contributed by atoms with Gasteiger partial charge >= 0.3 is 0 Å². The Hall–Kier alpha value is -2.84. The molecule has 0 bridgehead atoms. The van der Waals surface area contributed by atoms with Crippen molar-refractivity contribution in [3.05, 3.63) is 65.7 Å². The number of benzene rings is 2. The summed E-state index contributed by atoms with van der Waals surface area (Å²) in [6.07, 6.45) is 2.32. The van der Waals surface area contributed by atoms with Crippen molar-refractivity contribution in [3.63, 3.8) is 0 Å². The Morgan fingerprint density at radius 1 is 1.13 bits per heavy atom. The van der Waals surface area contributed by atoms with E-state index in [0.29, 0.717) is 12.5 Å². The smallest absolute Gasteiger partial charge is 0.229 e. The minimum Gasteiger partial charge on any atom is -0.493 e. The van der Waals surface area contributed by atoms with Crippen molar-refractivity contribution in [2.75, 3.05) is 6.61 Å². The Kier molecular flexibility index (Phi) is 9.08. The zero-order chi connectivity index (χ0) is 22.9. The fourth-order valence-corrected chi connectivity index (χ4v) is 3.62. The molecule has 1 amide bonds. The molecule has 3 atom stereocenters. The largest absolute Gasteiger partial charge is 0.493 e. The Labute approximate surface area is 186 Å². The van der Waals surface area contributed by atoms with Crippen molar-refractivity contribution in [1.29, 1.82) is 5.26 Å². The number of rotatable bonds is 11. The van der Waals surface area contributed by atoms with E-state index in [1.807, 2.05) is 54.6 Å². The van der Waals surface area contributed by atoms with Gasteiger partial charge in [0, 0.05) is 0 Å². The molecule has 31 heavy (non-hydrogen) atoms. The summed E-state index contributed by atoms with van der Waals surface area (Å²) >= 11 is 0. The molecule has 0 fully saturated rings. The zero-order valence-corrected chi connectivity index (χ0v) is 19.0. The van der Waals surface area contributed by atoms with Gasteiger partial charge in [0.15, 0.2) is 0 Å². The number of nitriles is 1. The third kappa shape index (κ3) is 7.41. The minimum absolute atomic E-state index is 0.0666. The van der Waals surface area contributed by atoms with Crippen LogP contribution in [0.25, 0.3) is 0 Å². The molecule has 1 unspecified atom stereocenters. The highest BCUT2D eigenvalue weighted by Crippen LogP contribution is 2.29. The van der Waals surface area contributed by atoms with Crippen LogP contribution in [-0.2, 0) is 4.79 Å². The van der Waals surface area contributed by atoms with Gasteiger partial charge in [-0.1, -0.05) is 62.7 Å². The normalized spacial score (nSPS) is 14.2. The van der Waals surface area contributed by atoms with E-state index in [9.17, 15) is 15.2 Å². The number of ether oxygens (including phenoxy) is 1. The maximum Gasteiger partial charge on any atom is 0.229 e. The molecule has 2 N–H and O–H groups in total. The standard InChI is InChI=1S/C26H34N2O3/c1-5-9-19(2)18-31-22-14-12-21(13-15-22)24(26(3,4)30)28-25(29)23(16-17-27)20-10-7-6-8-11-20/h6-8,10-15,19,23-24,30H,5,9,16,18H2,1-4H3,(H,28,29)/t19?,23-,24-/m1/s1. The first-order valence-electron chi connectivity index (χ1n) is 10.9. The molecule has 0 aromatic heterocycles. The van der Waals surface area contributed by atoms with Crippen LogP contribution in [0.2, 0.25) is 0 Å². The monoisotopic (exact) mass is 422 g/mol. The second kappa shape index (κ2) is 11.5. The summed E-state index contributed by atoms with van der Waals surface area (Å²) in [7, 11) is 0. The highest BCUT2D eigenvalue weighted by Gasteiger charge is 2.32. The lowest BCUT2D eigenvalue weighted by atomic mass is 9.89. The number of carbonyl (C=O) groups excluding carboxylic acids is 1. The van der Waals surface area contributed by atoms with Crippen molar-refractivity contribution < 1.29 is 14.6 Å². The average molecular weight is 423 g/mol. The molecule has 0 spiro atoms. The fraction of sp³-hybridized carbons (Fsp3) is 0.462. The lowest BCUT2D eigenvalue weighted by Crippen LogP contribution is -2.43. The second-order valence-electron chi connectivity index (χ2n) is 8.69. The van der Waals surface area contributed by atoms with Gasteiger partial charge in [0.2, 0.25) is 5.91 Å². The van der Waals surface area contributed by atoms with E-state index in [0.717, 1.165) is 29.7 Å². The predicted octanol–water partition coefficient (Wildman–Crippen LogP) is 5.13. The molecule has 2 aromatic carbocycles. The van der Waals surface area contributed by atoms with Crippen LogP contribution in [0.3, 0.4) is 0 Å². The molecule has 5 heteroatoms. The number of hydrogen-bond donors (Lipinski definition) is 2. The minimum atomic E-state index is -1.19. The first-order chi connectivity index (χ1) is 14.8. The number of carbonyl (C=O) groups is 1. The summed E-state index contributed by atoms with van der Waals surface area (Å²) < 4.78 is 5.86. The van der Waals surface area contributed by atoms with Gasteiger partial charge in [-0.25, -0.2) is 0 Å². The van der Waals surface area contributed by atoms with Gasteiger partial charge in [-0.3, -0.25) is 4.79 Å². The summed E-state index contributed by atoms with van der Waals surface area (Å²) in [6, 6.07) is 18.2. The summed E-state index contributed by atoms with van der Waals surface area (Å²) in [4.78, 5) is 13.1. The van der Waals surface area contributed by atoms with Gasteiger partial charge in [-0.15, -0.1) is 0 Å². The Morgan fingerprint density at radius 2 is 1.77 bits per heavy atom.